The van der Waals surface area contributed by atoms with Crippen LogP contribution < -0.4 is 10.2 Å². The number of nitrogens with zero attached hydrogens (tertiary/aromatic N) is 5. The average Bonchev–Trinajstić information content (AvgIpc) is 3.24. The molecule has 120 valence electrons. The first-order valence-corrected chi connectivity index (χ1v) is 8.19. The molecule has 1 atom stereocenters. The highest BCUT2D eigenvalue weighted by molar-refractivity contribution is 5.80. The minimum Gasteiger partial charge on any atom is -0.354 e. The van der Waals surface area contributed by atoms with Crippen LogP contribution in [0.5, 0.6) is 0 Å². The Hall–Kier alpha value is -2.44. The standard InChI is InChI=1S/C16H20N6O/c23-16(18-13-4-5-13)12-3-1-9-21(11-12)14-6-7-15(20-19-14)22-10-2-8-17-22/h2,6-8,10,12-13H,1,3-5,9,11H2,(H,18,23). The third-order valence-electron chi connectivity index (χ3n) is 4.42. The third-order valence-corrected chi connectivity index (χ3v) is 4.42. The first-order chi connectivity index (χ1) is 11.3. The van der Waals surface area contributed by atoms with Gasteiger partial charge in [0.05, 0.1) is 5.92 Å². The number of rotatable bonds is 4. The summed E-state index contributed by atoms with van der Waals surface area (Å²) in [6.07, 6.45) is 7.76. The zero-order valence-corrected chi connectivity index (χ0v) is 12.9. The van der Waals surface area contributed by atoms with Crippen LogP contribution in [0.15, 0.2) is 30.6 Å². The Morgan fingerprint density at radius 1 is 1.17 bits per heavy atom. The zero-order valence-electron chi connectivity index (χ0n) is 12.9. The van der Waals surface area contributed by atoms with Gasteiger partial charge in [-0.25, -0.2) is 4.68 Å². The van der Waals surface area contributed by atoms with Gasteiger partial charge in [0.2, 0.25) is 5.91 Å². The fourth-order valence-electron chi connectivity index (χ4n) is 2.96. The molecule has 1 aliphatic heterocycles. The van der Waals surface area contributed by atoms with Gasteiger partial charge in [-0.05, 0) is 43.9 Å². The Morgan fingerprint density at radius 2 is 2.00 bits per heavy atom. The molecule has 2 aromatic rings. The number of hydrogen-bond donors (Lipinski definition) is 1. The van der Waals surface area contributed by atoms with Crippen LogP contribution in [0.25, 0.3) is 5.82 Å². The molecule has 0 aromatic carbocycles. The molecule has 3 heterocycles. The van der Waals surface area contributed by atoms with Crippen molar-refractivity contribution < 1.29 is 4.79 Å². The van der Waals surface area contributed by atoms with E-state index < -0.39 is 0 Å². The van der Waals surface area contributed by atoms with Crippen molar-refractivity contribution in [1.82, 2.24) is 25.3 Å². The summed E-state index contributed by atoms with van der Waals surface area (Å²) in [5.41, 5.74) is 0. The van der Waals surface area contributed by atoms with E-state index in [9.17, 15) is 4.79 Å². The second kappa shape index (κ2) is 5.98. The Kier molecular flexibility index (Phi) is 3.69. The minimum absolute atomic E-state index is 0.0527. The van der Waals surface area contributed by atoms with Gasteiger partial charge in [-0.3, -0.25) is 4.79 Å². The molecule has 1 aliphatic carbocycles. The van der Waals surface area contributed by atoms with E-state index >= 15 is 0 Å². The Bertz CT molecular complexity index is 664. The van der Waals surface area contributed by atoms with Crippen LogP contribution in [-0.2, 0) is 4.79 Å². The van der Waals surface area contributed by atoms with Crippen LogP contribution in [0.3, 0.4) is 0 Å². The molecule has 2 aliphatic rings. The van der Waals surface area contributed by atoms with E-state index in [0.717, 1.165) is 38.0 Å². The number of nitrogens with one attached hydrogen (secondary N) is 1. The molecule has 7 nitrogen and oxygen atoms in total. The average molecular weight is 312 g/mol. The SMILES string of the molecule is O=C(NC1CC1)C1CCCN(c2ccc(-n3cccn3)nn2)C1. The van der Waals surface area contributed by atoms with Crippen LogP contribution >= 0.6 is 0 Å². The quantitative estimate of drug-likeness (QED) is 0.917. The molecular weight excluding hydrogens is 292 g/mol. The van der Waals surface area contributed by atoms with Crippen molar-refractivity contribution in [2.45, 2.75) is 31.7 Å². The van der Waals surface area contributed by atoms with Crippen molar-refractivity contribution in [2.24, 2.45) is 5.92 Å². The Balaban J connectivity index is 1.43. The van der Waals surface area contributed by atoms with Gasteiger partial charge in [0.25, 0.3) is 0 Å². The van der Waals surface area contributed by atoms with E-state index in [0.29, 0.717) is 18.4 Å². The molecule has 1 saturated heterocycles. The summed E-state index contributed by atoms with van der Waals surface area (Å²) in [5.74, 6) is 1.76. The van der Waals surface area contributed by atoms with Gasteiger partial charge >= 0.3 is 0 Å². The van der Waals surface area contributed by atoms with Gasteiger partial charge in [0, 0.05) is 31.5 Å². The zero-order chi connectivity index (χ0) is 15.6. The van der Waals surface area contributed by atoms with Gasteiger partial charge < -0.3 is 10.2 Å². The molecule has 2 fully saturated rings. The minimum atomic E-state index is 0.0527. The van der Waals surface area contributed by atoms with Crippen molar-refractivity contribution in [1.29, 1.82) is 0 Å². The molecular formula is C16H20N6O. The second-order valence-corrected chi connectivity index (χ2v) is 6.27. The largest absolute Gasteiger partial charge is 0.354 e. The highest BCUT2D eigenvalue weighted by Gasteiger charge is 2.30. The molecule has 1 N–H and O–H groups in total. The third kappa shape index (κ3) is 3.18. The van der Waals surface area contributed by atoms with Gasteiger partial charge in [0.1, 0.15) is 0 Å². The van der Waals surface area contributed by atoms with E-state index in [1.54, 1.807) is 10.9 Å². The summed E-state index contributed by atoms with van der Waals surface area (Å²) in [4.78, 5) is 14.4. The number of carbonyl (C=O) groups is 1. The van der Waals surface area contributed by atoms with Crippen molar-refractivity contribution >= 4 is 11.7 Å². The van der Waals surface area contributed by atoms with Crippen molar-refractivity contribution in [3.63, 3.8) is 0 Å². The second-order valence-electron chi connectivity index (χ2n) is 6.27. The van der Waals surface area contributed by atoms with E-state index in [4.69, 9.17) is 0 Å². The lowest BCUT2D eigenvalue weighted by Gasteiger charge is -2.32. The first-order valence-electron chi connectivity index (χ1n) is 8.19. The molecule has 0 bridgehead atoms. The summed E-state index contributed by atoms with van der Waals surface area (Å²) >= 11 is 0. The highest BCUT2D eigenvalue weighted by atomic mass is 16.2. The summed E-state index contributed by atoms with van der Waals surface area (Å²) in [7, 11) is 0. The van der Waals surface area contributed by atoms with Gasteiger partial charge in [-0.15, -0.1) is 10.2 Å². The molecule has 1 amide bonds. The van der Waals surface area contributed by atoms with Crippen LogP contribution in [0.1, 0.15) is 25.7 Å². The number of aromatic nitrogens is 4. The van der Waals surface area contributed by atoms with Crippen molar-refractivity contribution in [2.75, 3.05) is 18.0 Å². The summed E-state index contributed by atoms with van der Waals surface area (Å²) in [5, 5.41) is 15.8. The topological polar surface area (TPSA) is 75.9 Å². The lowest BCUT2D eigenvalue weighted by Crippen LogP contribution is -2.44. The maximum absolute atomic E-state index is 12.2. The van der Waals surface area contributed by atoms with Crippen LogP contribution in [0.2, 0.25) is 0 Å². The fourth-order valence-corrected chi connectivity index (χ4v) is 2.96. The number of anilines is 1. The maximum Gasteiger partial charge on any atom is 0.225 e. The molecule has 23 heavy (non-hydrogen) atoms. The normalized spacial score (nSPS) is 21.2. The number of amides is 1. The van der Waals surface area contributed by atoms with E-state index in [1.165, 1.54) is 0 Å². The lowest BCUT2D eigenvalue weighted by molar-refractivity contribution is -0.125. The number of piperidine rings is 1. The van der Waals surface area contributed by atoms with Gasteiger partial charge in [-0.1, -0.05) is 0 Å². The molecule has 7 heteroatoms. The molecule has 1 unspecified atom stereocenters. The van der Waals surface area contributed by atoms with Crippen molar-refractivity contribution in [3.8, 4) is 5.82 Å². The Labute approximate surface area is 134 Å². The molecule has 0 spiro atoms. The van der Waals surface area contributed by atoms with Gasteiger partial charge in [-0.2, -0.15) is 5.10 Å². The van der Waals surface area contributed by atoms with Crippen LogP contribution in [-0.4, -0.2) is 45.0 Å². The highest BCUT2D eigenvalue weighted by Crippen LogP contribution is 2.24. The molecule has 4 rings (SSSR count). The van der Waals surface area contributed by atoms with E-state index in [2.05, 4.69) is 25.5 Å². The summed E-state index contributed by atoms with van der Waals surface area (Å²) < 4.78 is 1.68. The number of carbonyl (C=O) groups excluding carboxylic acids is 1. The molecule has 1 saturated carbocycles. The maximum atomic E-state index is 12.2. The molecule has 0 radical (unpaired) electrons. The molecule has 2 aromatic heterocycles. The first kappa shape index (κ1) is 14.2. The predicted molar refractivity (Wildman–Crippen MR) is 85.3 cm³/mol. The fraction of sp³-hybridized carbons (Fsp3) is 0.500. The van der Waals surface area contributed by atoms with E-state index in [1.807, 2.05) is 24.4 Å². The summed E-state index contributed by atoms with van der Waals surface area (Å²) in [6, 6.07) is 6.13. The van der Waals surface area contributed by atoms with Crippen LogP contribution in [0, 0.1) is 5.92 Å². The Morgan fingerprint density at radius 3 is 2.70 bits per heavy atom. The van der Waals surface area contributed by atoms with Crippen molar-refractivity contribution in [3.05, 3.63) is 30.6 Å². The summed E-state index contributed by atoms with van der Waals surface area (Å²) in [6.45, 7) is 1.64. The predicted octanol–water partition coefficient (Wildman–Crippen LogP) is 1.16. The van der Waals surface area contributed by atoms with E-state index in [-0.39, 0.29) is 11.8 Å². The monoisotopic (exact) mass is 312 g/mol. The van der Waals surface area contributed by atoms with Gasteiger partial charge in [0.15, 0.2) is 11.6 Å². The van der Waals surface area contributed by atoms with Crippen LogP contribution in [0.4, 0.5) is 5.82 Å². The smallest absolute Gasteiger partial charge is 0.225 e. The number of hydrogen-bond acceptors (Lipinski definition) is 5. The lowest BCUT2D eigenvalue weighted by atomic mass is 9.97.